The van der Waals surface area contributed by atoms with Crippen LogP contribution >= 0.6 is 0 Å². The van der Waals surface area contributed by atoms with E-state index in [0.29, 0.717) is 23.4 Å². The number of carbonyl (C=O) groups excluding carboxylic acids is 2. The molecule has 5 rings (SSSR count). The van der Waals surface area contributed by atoms with Gasteiger partial charge in [0.05, 0.1) is 17.2 Å². The first-order valence-electron chi connectivity index (χ1n) is 11.3. The summed E-state index contributed by atoms with van der Waals surface area (Å²) >= 11 is 0. The molecule has 1 saturated heterocycles. The van der Waals surface area contributed by atoms with Crippen molar-refractivity contribution >= 4 is 38.8 Å². The molecular weight excluding hydrogens is 482 g/mol. The number of benzene rings is 2. The number of para-hydroxylation sites is 2. The molecule has 0 aliphatic carbocycles. The topological polar surface area (TPSA) is 120 Å². The van der Waals surface area contributed by atoms with Gasteiger partial charge in [0.25, 0.3) is 5.91 Å². The number of hydrogen-bond acceptors (Lipinski definition) is 7. The molecule has 0 spiro atoms. The highest BCUT2D eigenvalue weighted by Crippen LogP contribution is 2.30. The molecule has 4 aromatic rings. The zero-order valence-corrected chi connectivity index (χ0v) is 20.0. The number of rotatable bonds is 7. The molecule has 0 saturated carbocycles. The minimum absolute atomic E-state index is 0.0463. The smallest absolute Gasteiger partial charge is 0.331 e. The van der Waals surface area contributed by atoms with Crippen LogP contribution in [0.25, 0.3) is 34.2 Å². The fraction of sp³-hybridized carbons (Fsp3) is 0.192. The second-order valence-electron chi connectivity index (χ2n) is 8.47. The van der Waals surface area contributed by atoms with Crippen molar-refractivity contribution in [3.05, 3.63) is 78.5 Å². The molecule has 2 aromatic heterocycles. The summed E-state index contributed by atoms with van der Waals surface area (Å²) < 4.78 is 35.8. The van der Waals surface area contributed by atoms with Crippen LogP contribution in [0.4, 0.5) is 0 Å². The van der Waals surface area contributed by atoms with Gasteiger partial charge in [0.2, 0.25) is 0 Å². The Morgan fingerprint density at radius 1 is 1.14 bits per heavy atom. The molecule has 0 bridgehead atoms. The zero-order chi connectivity index (χ0) is 25.1. The van der Waals surface area contributed by atoms with Gasteiger partial charge >= 0.3 is 5.97 Å². The molecule has 1 atom stereocenters. The SMILES string of the molecule is O=C(COC(=O)/C=C/c1cn(-c2ccccc2)nc1-c1cc2ccccc2o1)N[C@@H]1CCS(=O)(=O)C1. The van der Waals surface area contributed by atoms with Crippen molar-refractivity contribution < 1.29 is 27.2 Å². The number of fused-ring (bicyclic) bond motifs is 1. The van der Waals surface area contributed by atoms with E-state index in [-0.39, 0.29) is 11.5 Å². The quantitative estimate of drug-likeness (QED) is 0.303. The fourth-order valence-electron chi connectivity index (χ4n) is 4.03. The van der Waals surface area contributed by atoms with E-state index in [9.17, 15) is 18.0 Å². The monoisotopic (exact) mass is 505 g/mol. The van der Waals surface area contributed by atoms with E-state index in [1.54, 1.807) is 17.0 Å². The summed E-state index contributed by atoms with van der Waals surface area (Å²) in [4.78, 5) is 24.3. The molecule has 3 heterocycles. The highest BCUT2D eigenvalue weighted by molar-refractivity contribution is 7.91. The van der Waals surface area contributed by atoms with Gasteiger partial charge in [-0.2, -0.15) is 5.10 Å². The van der Waals surface area contributed by atoms with Crippen LogP contribution in [-0.2, 0) is 24.2 Å². The Bertz CT molecular complexity index is 1520. The number of nitrogens with zero attached hydrogens (tertiary/aromatic N) is 2. The molecule has 9 nitrogen and oxygen atoms in total. The lowest BCUT2D eigenvalue weighted by atomic mass is 10.2. The van der Waals surface area contributed by atoms with Gasteiger partial charge in [-0.3, -0.25) is 4.79 Å². The van der Waals surface area contributed by atoms with Crippen LogP contribution in [0.1, 0.15) is 12.0 Å². The zero-order valence-electron chi connectivity index (χ0n) is 19.2. The van der Waals surface area contributed by atoms with Crippen LogP contribution in [0.3, 0.4) is 0 Å². The van der Waals surface area contributed by atoms with Gasteiger partial charge in [0.1, 0.15) is 11.3 Å². The highest BCUT2D eigenvalue weighted by atomic mass is 32.2. The summed E-state index contributed by atoms with van der Waals surface area (Å²) in [7, 11) is -3.11. The van der Waals surface area contributed by atoms with Gasteiger partial charge in [-0.1, -0.05) is 36.4 Å². The van der Waals surface area contributed by atoms with Crippen LogP contribution < -0.4 is 5.32 Å². The van der Waals surface area contributed by atoms with Gasteiger partial charge in [-0.05, 0) is 36.8 Å². The number of hydrogen-bond donors (Lipinski definition) is 1. The van der Waals surface area contributed by atoms with Crippen molar-refractivity contribution in [1.29, 1.82) is 0 Å². The lowest BCUT2D eigenvalue weighted by Crippen LogP contribution is -2.38. The maximum absolute atomic E-state index is 12.3. The molecule has 1 N–H and O–H groups in total. The maximum Gasteiger partial charge on any atom is 0.331 e. The molecule has 36 heavy (non-hydrogen) atoms. The molecule has 1 amide bonds. The molecule has 10 heteroatoms. The van der Waals surface area contributed by atoms with E-state index in [2.05, 4.69) is 10.4 Å². The van der Waals surface area contributed by atoms with Gasteiger partial charge in [-0.15, -0.1) is 0 Å². The van der Waals surface area contributed by atoms with E-state index < -0.39 is 34.4 Å². The number of nitrogens with one attached hydrogen (secondary N) is 1. The lowest BCUT2D eigenvalue weighted by Gasteiger charge is -2.10. The molecule has 184 valence electrons. The van der Waals surface area contributed by atoms with Gasteiger partial charge < -0.3 is 14.5 Å². The third kappa shape index (κ3) is 5.38. The fourth-order valence-corrected chi connectivity index (χ4v) is 5.71. The number of sulfone groups is 1. The summed E-state index contributed by atoms with van der Waals surface area (Å²) in [6, 6.07) is 18.6. The Morgan fingerprint density at radius 3 is 2.67 bits per heavy atom. The van der Waals surface area contributed by atoms with Crippen LogP contribution in [0.15, 0.2) is 77.4 Å². The summed E-state index contributed by atoms with van der Waals surface area (Å²) in [5, 5.41) is 8.18. The van der Waals surface area contributed by atoms with Crippen molar-refractivity contribution in [3.8, 4) is 17.1 Å². The minimum atomic E-state index is -3.11. The van der Waals surface area contributed by atoms with Crippen molar-refractivity contribution in [1.82, 2.24) is 15.1 Å². The number of esters is 1. The second-order valence-corrected chi connectivity index (χ2v) is 10.7. The summed E-state index contributed by atoms with van der Waals surface area (Å²) in [5.41, 5.74) is 2.72. The van der Waals surface area contributed by atoms with Crippen LogP contribution in [-0.4, -0.2) is 54.2 Å². The number of furan rings is 1. The van der Waals surface area contributed by atoms with Crippen LogP contribution in [0, 0.1) is 0 Å². The maximum atomic E-state index is 12.3. The lowest BCUT2D eigenvalue weighted by molar-refractivity contribution is -0.143. The molecule has 1 aliphatic rings. The minimum Gasteiger partial charge on any atom is -0.454 e. The van der Waals surface area contributed by atoms with Crippen LogP contribution in [0.5, 0.6) is 0 Å². The van der Waals surface area contributed by atoms with Gasteiger partial charge in [-0.25, -0.2) is 17.9 Å². The molecule has 1 fully saturated rings. The van der Waals surface area contributed by atoms with Crippen LogP contribution in [0.2, 0.25) is 0 Å². The normalized spacial score (nSPS) is 16.9. The van der Waals surface area contributed by atoms with Crippen molar-refractivity contribution in [2.45, 2.75) is 12.5 Å². The van der Waals surface area contributed by atoms with E-state index in [1.165, 1.54) is 6.08 Å². The number of carbonyl (C=O) groups is 2. The number of aromatic nitrogens is 2. The first kappa shape index (κ1) is 23.6. The Labute approximate surface area is 207 Å². The predicted octanol–water partition coefficient (Wildman–Crippen LogP) is 3.15. The summed E-state index contributed by atoms with van der Waals surface area (Å²) in [6.45, 7) is -0.501. The van der Waals surface area contributed by atoms with Gasteiger partial charge in [0, 0.05) is 29.3 Å². The average Bonchev–Trinajstić information content (AvgIpc) is 3.58. The third-order valence-electron chi connectivity index (χ3n) is 5.76. The first-order valence-corrected chi connectivity index (χ1v) is 13.2. The highest BCUT2D eigenvalue weighted by Gasteiger charge is 2.29. The molecule has 0 unspecified atom stereocenters. The van der Waals surface area contributed by atoms with Gasteiger partial charge in [0.15, 0.2) is 22.2 Å². The van der Waals surface area contributed by atoms with E-state index in [0.717, 1.165) is 16.7 Å². The Morgan fingerprint density at radius 2 is 1.92 bits per heavy atom. The second kappa shape index (κ2) is 9.82. The molecule has 0 radical (unpaired) electrons. The van der Waals surface area contributed by atoms with E-state index >= 15 is 0 Å². The largest absolute Gasteiger partial charge is 0.454 e. The number of amides is 1. The van der Waals surface area contributed by atoms with Crippen molar-refractivity contribution in [3.63, 3.8) is 0 Å². The molecule has 1 aliphatic heterocycles. The predicted molar refractivity (Wildman–Crippen MR) is 134 cm³/mol. The average molecular weight is 506 g/mol. The Kier molecular flexibility index (Phi) is 6.43. The summed E-state index contributed by atoms with van der Waals surface area (Å²) in [6.07, 6.45) is 4.90. The summed E-state index contributed by atoms with van der Waals surface area (Å²) in [5.74, 6) is -0.761. The Hall–Kier alpha value is -4.18. The molecule has 2 aromatic carbocycles. The standard InChI is InChI=1S/C26H23N3O6S/c30-24(27-20-12-13-36(32,33)17-20)16-34-25(31)11-10-19-15-29(21-7-2-1-3-8-21)28-26(19)23-14-18-6-4-5-9-22(18)35-23/h1-11,14-15,20H,12-13,16-17H2,(H,27,30)/b11-10+/t20-/m1/s1. The number of ether oxygens (including phenoxy) is 1. The third-order valence-corrected chi connectivity index (χ3v) is 7.53. The first-order chi connectivity index (χ1) is 17.4. The van der Waals surface area contributed by atoms with Crippen molar-refractivity contribution in [2.24, 2.45) is 0 Å². The Balaban J connectivity index is 1.31. The molecular formula is C26H23N3O6S. The van der Waals surface area contributed by atoms with Crippen molar-refractivity contribution in [2.75, 3.05) is 18.1 Å². The van der Waals surface area contributed by atoms with E-state index in [1.807, 2.05) is 60.7 Å². The van der Waals surface area contributed by atoms with E-state index in [4.69, 9.17) is 9.15 Å².